The van der Waals surface area contributed by atoms with Crippen LogP contribution in [-0.4, -0.2) is 32.2 Å². The van der Waals surface area contributed by atoms with E-state index in [1.165, 1.54) is 28.3 Å². The second-order valence-corrected chi connectivity index (χ2v) is 8.18. The van der Waals surface area contributed by atoms with Crippen LogP contribution >= 0.6 is 11.3 Å². The van der Waals surface area contributed by atoms with Gasteiger partial charge in [-0.1, -0.05) is 0 Å². The minimum atomic E-state index is -0.642. The van der Waals surface area contributed by atoms with Gasteiger partial charge in [-0.15, -0.1) is 11.3 Å². The van der Waals surface area contributed by atoms with Crippen LogP contribution in [0, 0.1) is 5.82 Å². The maximum absolute atomic E-state index is 13.7. The van der Waals surface area contributed by atoms with Crippen molar-refractivity contribution in [2.24, 2.45) is 7.05 Å². The predicted molar refractivity (Wildman–Crippen MR) is 111 cm³/mol. The summed E-state index contributed by atoms with van der Waals surface area (Å²) in [6.45, 7) is 1.34. The smallest absolute Gasteiger partial charge is 0.317 e. The van der Waals surface area contributed by atoms with E-state index in [-0.39, 0.29) is 6.04 Å². The highest BCUT2D eigenvalue weighted by atomic mass is 32.1. The molecule has 0 amide bonds. The van der Waals surface area contributed by atoms with Crippen molar-refractivity contribution in [2.75, 3.05) is 18.0 Å². The van der Waals surface area contributed by atoms with E-state index in [0.29, 0.717) is 42.9 Å². The summed E-state index contributed by atoms with van der Waals surface area (Å²) in [6.07, 6.45) is 3.18. The van der Waals surface area contributed by atoms with Crippen molar-refractivity contribution in [1.29, 1.82) is 0 Å². The van der Waals surface area contributed by atoms with Crippen molar-refractivity contribution in [2.45, 2.75) is 18.9 Å². The summed E-state index contributed by atoms with van der Waals surface area (Å²) in [7, 11) is 1.50. The van der Waals surface area contributed by atoms with Crippen LogP contribution in [0.15, 0.2) is 45.4 Å². The van der Waals surface area contributed by atoms with E-state index < -0.39 is 16.9 Å². The van der Waals surface area contributed by atoms with E-state index >= 15 is 0 Å². The van der Waals surface area contributed by atoms with E-state index in [0.717, 1.165) is 10.2 Å². The number of hydrogen-bond donors (Lipinski definition) is 0. The number of aromatic nitrogens is 4. The lowest BCUT2D eigenvalue weighted by Crippen LogP contribution is -2.45. The number of rotatable bonds is 2. The van der Waals surface area contributed by atoms with Crippen LogP contribution in [-0.2, 0) is 7.05 Å². The Kier molecular flexibility index (Phi) is 4.20. The van der Waals surface area contributed by atoms with Crippen molar-refractivity contribution < 1.29 is 4.39 Å². The molecule has 0 atom stereocenters. The largest absolute Gasteiger partial charge is 0.341 e. The molecular formula is C20H18FN5O2S. The molecule has 0 radical (unpaired) electrons. The average molecular weight is 411 g/mol. The minimum Gasteiger partial charge on any atom is -0.341 e. The predicted octanol–water partition coefficient (Wildman–Crippen LogP) is 2.69. The third-order valence-electron chi connectivity index (χ3n) is 5.57. The Morgan fingerprint density at radius 1 is 1.10 bits per heavy atom. The van der Waals surface area contributed by atoms with Crippen LogP contribution in [0.25, 0.3) is 21.3 Å². The van der Waals surface area contributed by atoms with Crippen LogP contribution in [0.3, 0.4) is 0 Å². The van der Waals surface area contributed by atoms with E-state index in [4.69, 9.17) is 0 Å². The molecule has 4 aromatic rings. The van der Waals surface area contributed by atoms with Crippen molar-refractivity contribution in [3.63, 3.8) is 0 Å². The number of thiophene rings is 1. The first-order valence-corrected chi connectivity index (χ1v) is 10.3. The molecule has 0 N–H and O–H groups in total. The van der Waals surface area contributed by atoms with Crippen LogP contribution in [0.1, 0.15) is 18.9 Å². The first kappa shape index (κ1) is 18.0. The highest BCUT2D eigenvalue weighted by Gasteiger charge is 2.25. The number of piperidine rings is 1. The summed E-state index contributed by atoms with van der Waals surface area (Å²) in [5.41, 5.74) is 0.715. The molecule has 0 spiro atoms. The number of aryl methyl sites for hydroxylation is 1. The van der Waals surface area contributed by atoms with Gasteiger partial charge < -0.3 is 9.47 Å². The SMILES string of the molecule is Cn1c(=O)c(=O)n(C2CCN(c3ncc4sccc4n3)CC2)c2ccc(F)cc21. The topological polar surface area (TPSA) is 73.0 Å². The van der Waals surface area contributed by atoms with Gasteiger partial charge >= 0.3 is 11.1 Å². The summed E-state index contributed by atoms with van der Waals surface area (Å²) in [5, 5.41) is 1.99. The van der Waals surface area contributed by atoms with Crippen molar-refractivity contribution in [3.8, 4) is 0 Å². The molecule has 1 aromatic carbocycles. The van der Waals surface area contributed by atoms with Gasteiger partial charge in [0.2, 0.25) is 5.95 Å². The molecular weight excluding hydrogens is 393 g/mol. The lowest BCUT2D eigenvalue weighted by molar-refractivity contribution is 0.391. The molecule has 3 aromatic heterocycles. The summed E-state index contributed by atoms with van der Waals surface area (Å²) in [4.78, 5) is 36.4. The first-order valence-electron chi connectivity index (χ1n) is 9.39. The maximum Gasteiger partial charge on any atom is 0.317 e. The zero-order valence-electron chi connectivity index (χ0n) is 15.7. The molecule has 148 valence electrons. The van der Waals surface area contributed by atoms with Crippen LogP contribution < -0.4 is 16.0 Å². The Balaban J connectivity index is 1.48. The molecule has 9 heteroatoms. The average Bonchev–Trinajstić information content (AvgIpc) is 3.21. The van der Waals surface area contributed by atoms with E-state index in [9.17, 15) is 14.0 Å². The van der Waals surface area contributed by atoms with E-state index in [1.807, 2.05) is 17.6 Å². The van der Waals surface area contributed by atoms with Gasteiger partial charge in [0, 0.05) is 26.2 Å². The van der Waals surface area contributed by atoms with Gasteiger partial charge in [0.15, 0.2) is 0 Å². The monoisotopic (exact) mass is 411 g/mol. The lowest BCUT2D eigenvalue weighted by Gasteiger charge is -2.33. The van der Waals surface area contributed by atoms with Gasteiger partial charge in [-0.25, -0.2) is 14.4 Å². The Hall–Kier alpha value is -3.07. The van der Waals surface area contributed by atoms with Gasteiger partial charge in [0.25, 0.3) is 0 Å². The Labute approximate surface area is 168 Å². The Morgan fingerprint density at radius 3 is 2.69 bits per heavy atom. The molecule has 29 heavy (non-hydrogen) atoms. The standard InChI is InChI=1S/C20H18FN5O2S/c1-24-16-10-12(21)2-3-15(16)26(19(28)18(24)27)13-4-7-25(8-5-13)20-22-11-17-14(23-20)6-9-29-17/h2-3,6,9-11,13H,4-5,7-8H2,1H3. The van der Waals surface area contributed by atoms with Gasteiger partial charge in [-0.3, -0.25) is 14.2 Å². The fraction of sp³-hybridized carbons (Fsp3) is 0.300. The minimum absolute atomic E-state index is 0.134. The summed E-state index contributed by atoms with van der Waals surface area (Å²) < 4.78 is 17.5. The third-order valence-corrected chi connectivity index (χ3v) is 6.41. The number of benzene rings is 1. The number of nitrogens with zero attached hydrogens (tertiary/aromatic N) is 5. The summed E-state index contributed by atoms with van der Waals surface area (Å²) >= 11 is 1.61. The van der Waals surface area contributed by atoms with Crippen molar-refractivity contribution in [1.82, 2.24) is 19.1 Å². The molecule has 0 bridgehead atoms. The third kappa shape index (κ3) is 2.93. The zero-order valence-corrected chi connectivity index (χ0v) is 16.5. The second-order valence-electron chi connectivity index (χ2n) is 7.23. The van der Waals surface area contributed by atoms with E-state index in [2.05, 4.69) is 14.9 Å². The zero-order chi connectivity index (χ0) is 20.1. The fourth-order valence-corrected chi connectivity index (χ4v) is 4.72. The number of hydrogen-bond acceptors (Lipinski definition) is 6. The quantitative estimate of drug-likeness (QED) is 0.474. The molecule has 0 saturated carbocycles. The molecule has 0 aliphatic carbocycles. The van der Waals surface area contributed by atoms with Crippen molar-refractivity contribution in [3.05, 3.63) is 62.4 Å². The Bertz CT molecular complexity index is 1350. The summed E-state index contributed by atoms with van der Waals surface area (Å²) in [5.74, 6) is 0.242. The molecule has 1 saturated heterocycles. The number of anilines is 1. The van der Waals surface area contributed by atoms with Gasteiger partial charge in [0.1, 0.15) is 5.82 Å². The van der Waals surface area contributed by atoms with Crippen LogP contribution in [0.4, 0.5) is 10.3 Å². The van der Waals surface area contributed by atoms with Crippen LogP contribution in [0.2, 0.25) is 0 Å². The normalized spacial score (nSPS) is 15.4. The maximum atomic E-state index is 13.7. The molecule has 1 aliphatic heterocycles. The molecule has 1 fully saturated rings. The molecule has 1 aliphatic rings. The molecule has 0 unspecified atom stereocenters. The first-order chi connectivity index (χ1) is 14.0. The van der Waals surface area contributed by atoms with Crippen molar-refractivity contribution >= 4 is 38.5 Å². The molecule has 5 rings (SSSR count). The molecule has 7 nitrogen and oxygen atoms in total. The van der Waals surface area contributed by atoms with Gasteiger partial charge in [0.05, 0.1) is 27.4 Å². The Morgan fingerprint density at radius 2 is 1.90 bits per heavy atom. The fourth-order valence-electron chi connectivity index (χ4n) is 4.03. The van der Waals surface area contributed by atoms with Gasteiger partial charge in [-0.2, -0.15) is 0 Å². The van der Waals surface area contributed by atoms with E-state index in [1.54, 1.807) is 17.4 Å². The highest BCUT2D eigenvalue weighted by molar-refractivity contribution is 7.17. The lowest BCUT2D eigenvalue weighted by atomic mass is 10.0. The highest BCUT2D eigenvalue weighted by Crippen LogP contribution is 2.27. The summed E-state index contributed by atoms with van der Waals surface area (Å²) in [6, 6.07) is 6.03. The van der Waals surface area contributed by atoms with Gasteiger partial charge in [-0.05, 0) is 42.5 Å². The molecule has 4 heterocycles. The van der Waals surface area contributed by atoms with Crippen LogP contribution in [0.5, 0.6) is 0 Å². The number of halogens is 1. The number of fused-ring (bicyclic) bond motifs is 2. The second kappa shape index (κ2) is 6.77.